The summed E-state index contributed by atoms with van der Waals surface area (Å²) in [7, 11) is 0. The monoisotopic (exact) mass is 263 g/mol. The van der Waals surface area contributed by atoms with E-state index in [4.69, 9.17) is 0 Å². The molecule has 7 N–H and O–H groups in total. The van der Waals surface area contributed by atoms with E-state index in [0.717, 1.165) is 0 Å². The van der Waals surface area contributed by atoms with Crippen LogP contribution in [-0.2, 0) is 0 Å². The van der Waals surface area contributed by atoms with Crippen LogP contribution < -0.4 is 6.15 Å². The van der Waals surface area contributed by atoms with E-state index >= 15 is 0 Å². The van der Waals surface area contributed by atoms with Gasteiger partial charge in [-0.05, 0) is 0 Å². The number of rotatable bonds is 0. The first kappa shape index (κ1) is 108. The summed E-state index contributed by atoms with van der Waals surface area (Å²) in [6, 6.07) is 0. The van der Waals surface area contributed by atoms with Gasteiger partial charge in [-0.3, -0.25) is 0 Å². The Morgan fingerprint density at radius 1 is 0.750 bits per heavy atom. The molecule has 0 aliphatic carbocycles. The normalized spacial score (nSPS) is 0. The molecule has 0 aromatic carbocycles. The second kappa shape index (κ2) is 46.4. The van der Waals surface area contributed by atoms with Gasteiger partial charge in [0, 0.05) is 0 Å². The first-order valence-corrected chi connectivity index (χ1v) is 0. The maximum atomic E-state index is 0. The van der Waals surface area contributed by atoms with Crippen molar-refractivity contribution in [1.82, 2.24) is 6.15 Å². The molecule has 2 radical (unpaired) electrons. The summed E-state index contributed by atoms with van der Waals surface area (Å²) >= 11 is 0. The van der Waals surface area contributed by atoms with Crippen LogP contribution in [0.1, 0.15) is 0 Å². The Balaban J connectivity index is 0. The first-order chi connectivity index (χ1) is 0. The third-order valence-corrected chi connectivity index (χ3v) is 0. The predicted molar refractivity (Wildman–Crippen MR) is 20.8 cm³/mol. The molecule has 0 heterocycles. The average molecular weight is 262 g/mol. The Labute approximate surface area is 44.7 Å². The van der Waals surface area contributed by atoms with Crippen molar-refractivity contribution < 1.29 is 11.0 Å². The van der Waals surface area contributed by atoms with Gasteiger partial charge in [0.2, 0.25) is 0 Å². The van der Waals surface area contributed by atoms with E-state index in [1.54, 1.807) is 0 Å². The molecular formula is H9NO2Pb. The van der Waals surface area contributed by atoms with E-state index in [0.29, 0.717) is 0 Å². The molecule has 0 unspecified atom stereocenters. The van der Waals surface area contributed by atoms with E-state index in [1.807, 2.05) is 0 Å². The van der Waals surface area contributed by atoms with Crippen molar-refractivity contribution in [3.05, 3.63) is 0 Å². The first-order valence-electron chi connectivity index (χ1n) is 0. The van der Waals surface area contributed by atoms with Crippen LogP contribution in [-0.4, -0.2) is 38.3 Å². The van der Waals surface area contributed by atoms with Crippen molar-refractivity contribution in [3.8, 4) is 0 Å². The molecular weight excluding hydrogens is 253 g/mol. The van der Waals surface area contributed by atoms with Gasteiger partial charge in [0.15, 0.2) is 0 Å². The maximum absolute atomic E-state index is 0. The van der Waals surface area contributed by atoms with Crippen LogP contribution in [0.2, 0.25) is 0 Å². The number of hydrogen-bond acceptors (Lipinski definition) is 1. The molecule has 0 aromatic heterocycles. The van der Waals surface area contributed by atoms with Crippen LogP contribution in [0.25, 0.3) is 0 Å². The van der Waals surface area contributed by atoms with Crippen molar-refractivity contribution >= 4 is 27.3 Å². The molecule has 3 nitrogen and oxygen atoms in total. The van der Waals surface area contributed by atoms with Crippen molar-refractivity contribution in [2.45, 2.75) is 0 Å². The number of hydrogen-bond donors (Lipinski definition) is 1. The van der Waals surface area contributed by atoms with E-state index in [-0.39, 0.29) is 44.4 Å². The van der Waals surface area contributed by atoms with Gasteiger partial charge in [-0.25, -0.2) is 0 Å². The minimum absolute atomic E-state index is 0. The van der Waals surface area contributed by atoms with Crippen molar-refractivity contribution in [3.63, 3.8) is 0 Å². The van der Waals surface area contributed by atoms with Crippen LogP contribution in [0.15, 0.2) is 0 Å². The van der Waals surface area contributed by atoms with E-state index in [1.165, 1.54) is 0 Å². The molecule has 4 heteroatoms. The van der Waals surface area contributed by atoms with Crippen LogP contribution in [0, 0.1) is 0 Å². The van der Waals surface area contributed by atoms with Gasteiger partial charge in [0.1, 0.15) is 0 Å². The summed E-state index contributed by atoms with van der Waals surface area (Å²) in [5, 5.41) is 0. The summed E-state index contributed by atoms with van der Waals surface area (Å²) < 4.78 is 0. The topological polar surface area (TPSA) is 98.0 Å². The van der Waals surface area contributed by atoms with Crippen LogP contribution in [0.3, 0.4) is 0 Å². The Hall–Kier alpha value is 0.802. The summed E-state index contributed by atoms with van der Waals surface area (Å²) in [4.78, 5) is 0. The van der Waals surface area contributed by atoms with Gasteiger partial charge in [-0.2, -0.15) is 0 Å². The summed E-state index contributed by atoms with van der Waals surface area (Å²) in [6.07, 6.45) is 0. The van der Waals surface area contributed by atoms with Crippen LogP contribution in [0.5, 0.6) is 0 Å². The molecule has 0 fully saturated rings. The summed E-state index contributed by atoms with van der Waals surface area (Å²) in [6.45, 7) is 0. The average Bonchev–Trinajstić information content (AvgIpc) is 0. The SMILES string of the molecule is N.O.O.[PbH2]. The van der Waals surface area contributed by atoms with Crippen molar-refractivity contribution in [2.75, 3.05) is 0 Å². The van der Waals surface area contributed by atoms with Gasteiger partial charge in [-0.1, -0.05) is 0 Å². The molecule has 0 spiro atoms. The molecule has 0 rings (SSSR count). The molecule has 0 amide bonds. The molecule has 0 aromatic rings. The molecule has 0 saturated heterocycles. The van der Waals surface area contributed by atoms with Crippen molar-refractivity contribution in [1.29, 1.82) is 0 Å². The van der Waals surface area contributed by atoms with E-state index < -0.39 is 0 Å². The summed E-state index contributed by atoms with van der Waals surface area (Å²) in [5.74, 6) is 0. The van der Waals surface area contributed by atoms with Gasteiger partial charge >= 0.3 is 27.3 Å². The Morgan fingerprint density at radius 3 is 0.750 bits per heavy atom. The quantitative estimate of drug-likeness (QED) is 0.484. The Morgan fingerprint density at radius 2 is 0.750 bits per heavy atom. The zero-order valence-electron chi connectivity index (χ0n) is 2.41. The predicted octanol–water partition coefficient (Wildman–Crippen LogP) is -2.40. The van der Waals surface area contributed by atoms with Crippen molar-refractivity contribution in [2.24, 2.45) is 0 Å². The second-order valence-corrected chi connectivity index (χ2v) is 0. The standard InChI is InChI=1S/H3N.2H2O.Pb.2H/h1H3;2*1H2;;;. The van der Waals surface area contributed by atoms with Crippen LogP contribution in [0.4, 0.5) is 0 Å². The fourth-order valence-electron chi connectivity index (χ4n) is 0. The van der Waals surface area contributed by atoms with Gasteiger partial charge in [-0.15, -0.1) is 0 Å². The van der Waals surface area contributed by atoms with E-state index in [9.17, 15) is 0 Å². The molecule has 0 aliphatic rings. The fourth-order valence-corrected chi connectivity index (χ4v) is 0. The Bertz CT molecular complexity index is 6.00. The fraction of sp³-hybridized carbons (Fsp3) is 0. The molecule has 4 heavy (non-hydrogen) atoms. The third kappa shape index (κ3) is 14.1. The molecule has 0 aliphatic heterocycles. The third-order valence-electron chi connectivity index (χ3n) is 0. The zero-order valence-corrected chi connectivity index (χ0v) is 7.91. The zero-order chi connectivity index (χ0) is 0. The van der Waals surface area contributed by atoms with Gasteiger partial charge in [0.25, 0.3) is 0 Å². The molecule has 30 valence electrons. The van der Waals surface area contributed by atoms with E-state index in [2.05, 4.69) is 0 Å². The molecule has 0 bridgehead atoms. The summed E-state index contributed by atoms with van der Waals surface area (Å²) in [5.41, 5.74) is 0. The Kier molecular flexibility index (Phi) is 1250. The minimum atomic E-state index is 0. The molecule has 0 saturated carbocycles. The molecule has 0 atom stereocenters. The van der Waals surface area contributed by atoms with Gasteiger partial charge < -0.3 is 17.1 Å². The second-order valence-electron chi connectivity index (χ2n) is 0. The van der Waals surface area contributed by atoms with Gasteiger partial charge in [0.05, 0.1) is 0 Å². The van der Waals surface area contributed by atoms with Crippen LogP contribution >= 0.6 is 0 Å².